The van der Waals surface area contributed by atoms with Gasteiger partial charge < -0.3 is 10.4 Å². The molecule has 1 aliphatic rings. The molecule has 1 aliphatic heterocycles. The predicted molar refractivity (Wildman–Crippen MR) is 83.6 cm³/mol. The van der Waals surface area contributed by atoms with E-state index in [9.17, 15) is 5.11 Å². The van der Waals surface area contributed by atoms with Gasteiger partial charge in [-0.15, -0.1) is 0 Å². The molecular weight excluding hydrogens is 248 g/mol. The Morgan fingerprint density at radius 2 is 1.85 bits per heavy atom. The summed E-state index contributed by atoms with van der Waals surface area (Å²) in [6.45, 7) is 8.79. The molecule has 0 amide bonds. The van der Waals surface area contributed by atoms with E-state index in [1.54, 1.807) is 0 Å². The van der Waals surface area contributed by atoms with Crippen molar-refractivity contribution in [3.8, 4) is 0 Å². The number of nitrogens with zero attached hydrogens (tertiary/aromatic N) is 1. The largest absolute Gasteiger partial charge is 0.394 e. The van der Waals surface area contributed by atoms with Crippen molar-refractivity contribution in [2.75, 3.05) is 26.2 Å². The Labute approximate surface area is 123 Å². The molecular formula is C17H28N2O. The third kappa shape index (κ3) is 4.30. The van der Waals surface area contributed by atoms with Crippen molar-refractivity contribution < 1.29 is 5.11 Å². The highest BCUT2D eigenvalue weighted by Gasteiger charge is 2.33. The number of rotatable bonds is 6. The average molecular weight is 276 g/mol. The molecule has 3 nitrogen and oxygen atoms in total. The summed E-state index contributed by atoms with van der Waals surface area (Å²) in [4.78, 5) is 2.49. The first-order valence-corrected chi connectivity index (χ1v) is 7.76. The Kier molecular flexibility index (Phi) is 5.58. The molecule has 0 atom stereocenters. The third-order valence-electron chi connectivity index (χ3n) is 4.25. The zero-order valence-electron chi connectivity index (χ0n) is 12.8. The summed E-state index contributed by atoms with van der Waals surface area (Å²) in [5, 5.41) is 13.3. The van der Waals surface area contributed by atoms with Crippen LogP contribution in [-0.2, 0) is 6.54 Å². The topological polar surface area (TPSA) is 35.5 Å². The minimum absolute atomic E-state index is 0.0581. The van der Waals surface area contributed by atoms with Gasteiger partial charge in [-0.05, 0) is 30.9 Å². The van der Waals surface area contributed by atoms with E-state index in [4.69, 9.17) is 0 Å². The molecule has 0 spiro atoms. The van der Waals surface area contributed by atoms with Gasteiger partial charge in [-0.1, -0.05) is 44.2 Å². The Morgan fingerprint density at radius 3 is 2.40 bits per heavy atom. The maximum atomic E-state index is 9.75. The lowest BCUT2D eigenvalue weighted by molar-refractivity contribution is 0.0734. The van der Waals surface area contributed by atoms with E-state index in [1.165, 1.54) is 5.56 Å². The van der Waals surface area contributed by atoms with E-state index in [0.717, 1.165) is 39.0 Å². The molecule has 1 saturated heterocycles. The van der Waals surface area contributed by atoms with Crippen molar-refractivity contribution in [2.45, 2.75) is 38.8 Å². The van der Waals surface area contributed by atoms with Gasteiger partial charge in [0.1, 0.15) is 0 Å². The summed E-state index contributed by atoms with van der Waals surface area (Å²) in [6, 6.07) is 10.6. The number of aliphatic hydroxyl groups is 1. The van der Waals surface area contributed by atoms with Gasteiger partial charge in [0.2, 0.25) is 0 Å². The van der Waals surface area contributed by atoms with Gasteiger partial charge in [0.25, 0.3) is 0 Å². The second-order valence-electron chi connectivity index (χ2n) is 6.47. The SMILES string of the molecule is CC(C)CNC1(CO)CCN(Cc2ccccc2)CC1. The molecule has 0 radical (unpaired) electrons. The van der Waals surface area contributed by atoms with Crippen LogP contribution in [0, 0.1) is 5.92 Å². The summed E-state index contributed by atoms with van der Waals surface area (Å²) in [6.07, 6.45) is 2.06. The van der Waals surface area contributed by atoms with Crippen LogP contribution in [0.1, 0.15) is 32.3 Å². The zero-order chi connectivity index (χ0) is 14.4. The molecule has 112 valence electrons. The van der Waals surface area contributed by atoms with Crippen molar-refractivity contribution in [3.05, 3.63) is 35.9 Å². The van der Waals surface area contributed by atoms with Crippen LogP contribution in [-0.4, -0.2) is 41.8 Å². The molecule has 1 fully saturated rings. The lowest BCUT2D eigenvalue weighted by atomic mass is 9.87. The zero-order valence-corrected chi connectivity index (χ0v) is 12.8. The second-order valence-corrected chi connectivity index (χ2v) is 6.47. The van der Waals surface area contributed by atoms with Gasteiger partial charge in [-0.2, -0.15) is 0 Å². The average Bonchev–Trinajstić information content (AvgIpc) is 2.48. The van der Waals surface area contributed by atoms with Gasteiger partial charge in [0.05, 0.1) is 6.61 Å². The minimum atomic E-state index is -0.0581. The monoisotopic (exact) mass is 276 g/mol. The maximum absolute atomic E-state index is 9.75. The smallest absolute Gasteiger partial charge is 0.0614 e. The lowest BCUT2D eigenvalue weighted by Crippen LogP contribution is -2.56. The van der Waals surface area contributed by atoms with Crippen LogP contribution >= 0.6 is 0 Å². The molecule has 0 bridgehead atoms. The van der Waals surface area contributed by atoms with Crippen LogP contribution in [0.15, 0.2) is 30.3 Å². The van der Waals surface area contributed by atoms with E-state index >= 15 is 0 Å². The minimum Gasteiger partial charge on any atom is -0.394 e. The van der Waals surface area contributed by atoms with E-state index in [-0.39, 0.29) is 12.1 Å². The first kappa shape index (κ1) is 15.5. The third-order valence-corrected chi connectivity index (χ3v) is 4.25. The van der Waals surface area contributed by atoms with Gasteiger partial charge >= 0.3 is 0 Å². The van der Waals surface area contributed by atoms with Crippen molar-refractivity contribution in [2.24, 2.45) is 5.92 Å². The maximum Gasteiger partial charge on any atom is 0.0614 e. The van der Waals surface area contributed by atoms with Gasteiger partial charge in [-0.25, -0.2) is 0 Å². The summed E-state index contributed by atoms with van der Waals surface area (Å²) < 4.78 is 0. The number of nitrogens with one attached hydrogen (secondary N) is 1. The van der Waals surface area contributed by atoms with Crippen molar-refractivity contribution in [3.63, 3.8) is 0 Å². The van der Waals surface area contributed by atoms with Crippen LogP contribution in [0.2, 0.25) is 0 Å². The molecule has 0 aromatic heterocycles. The number of benzene rings is 1. The van der Waals surface area contributed by atoms with Crippen LogP contribution in [0.25, 0.3) is 0 Å². The van der Waals surface area contributed by atoms with Crippen molar-refractivity contribution >= 4 is 0 Å². The molecule has 2 rings (SSSR count). The Hall–Kier alpha value is -0.900. The molecule has 1 aromatic carbocycles. The van der Waals surface area contributed by atoms with E-state index in [0.29, 0.717) is 5.92 Å². The number of piperidine rings is 1. The molecule has 1 heterocycles. The predicted octanol–water partition coefficient (Wildman–Crippen LogP) is 2.26. The van der Waals surface area contributed by atoms with E-state index in [1.807, 2.05) is 0 Å². The van der Waals surface area contributed by atoms with Gasteiger partial charge in [0.15, 0.2) is 0 Å². The number of aliphatic hydroxyl groups excluding tert-OH is 1. The molecule has 1 aromatic rings. The number of likely N-dealkylation sites (tertiary alicyclic amines) is 1. The van der Waals surface area contributed by atoms with Crippen LogP contribution < -0.4 is 5.32 Å². The standard InChI is InChI=1S/C17H28N2O/c1-15(2)12-18-17(14-20)8-10-19(11-9-17)13-16-6-4-3-5-7-16/h3-7,15,18,20H,8-14H2,1-2H3. The highest BCUT2D eigenvalue weighted by Crippen LogP contribution is 2.23. The fourth-order valence-corrected chi connectivity index (χ4v) is 2.79. The number of hydrogen-bond acceptors (Lipinski definition) is 3. The van der Waals surface area contributed by atoms with Crippen LogP contribution in [0.5, 0.6) is 0 Å². The highest BCUT2D eigenvalue weighted by molar-refractivity contribution is 5.14. The highest BCUT2D eigenvalue weighted by atomic mass is 16.3. The van der Waals surface area contributed by atoms with Crippen molar-refractivity contribution in [1.82, 2.24) is 10.2 Å². The quantitative estimate of drug-likeness (QED) is 0.836. The van der Waals surface area contributed by atoms with Crippen LogP contribution in [0.3, 0.4) is 0 Å². The number of hydrogen-bond donors (Lipinski definition) is 2. The fourth-order valence-electron chi connectivity index (χ4n) is 2.79. The molecule has 0 unspecified atom stereocenters. The molecule has 3 heteroatoms. The molecule has 20 heavy (non-hydrogen) atoms. The molecule has 2 N–H and O–H groups in total. The van der Waals surface area contributed by atoms with Gasteiger partial charge in [0, 0.05) is 25.2 Å². The summed E-state index contributed by atoms with van der Waals surface area (Å²) in [5.74, 6) is 0.626. The first-order valence-electron chi connectivity index (χ1n) is 7.76. The Balaban J connectivity index is 1.84. The van der Waals surface area contributed by atoms with Crippen LogP contribution in [0.4, 0.5) is 0 Å². The summed E-state index contributed by atoms with van der Waals surface area (Å²) in [7, 11) is 0. The summed E-state index contributed by atoms with van der Waals surface area (Å²) >= 11 is 0. The van der Waals surface area contributed by atoms with Gasteiger partial charge in [-0.3, -0.25) is 4.90 Å². The first-order chi connectivity index (χ1) is 9.63. The molecule has 0 saturated carbocycles. The van der Waals surface area contributed by atoms with E-state index in [2.05, 4.69) is 54.4 Å². The summed E-state index contributed by atoms with van der Waals surface area (Å²) in [5.41, 5.74) is 1.32. The normalized spacial score (nSPS) is 19.4. The fraction of sp³-hybridized carbons (Fsp3) is 0.647. The van der Waals surface area contributed by atoms with Crippen molar-refractivity contribution in [1.29, 1.82) is 0 Å². The molecule has 0 aliphatic carbocycles. The Bertz CT molecular complexity index is 383. The van der Waals surface area contributed by atoms with E-state index < -0.39 is 0 Å². The Morgan fingerprint density at radius 1 is 1.20 bits per heavy atom. The lowest BCUT2D eigenvalue weighted by Gasteiger charge is -2.42. The second kappa shape index (κ2) is 7.21.